The molecule has 0 aliphatic rings. The van der Waals surface area contributed by atoms with Crippen molar-refractivity contribution in [1.29, 1.82) is 0 Å². The van der Waals surface area contributed by atoms with Crippen molar-refractivity contribution in [2.75, 3.05) is 0 Å². The second kappa shape index (κ2) is 12.5. The molecule has 34 heavy (non-hydrogen) atoms. The van der Waals surface area contributed by atoms with Gasteiger partial charge in [-0.3, -0.25) is 9.59 Å². The predicted molar refractivity (Wildman–Crippen MR) is 138 cm³/mol. The van der Waals surface area contributed by atoms with E-state index in [1.807, 2.05) is 97.1 Å². The molecule has 0 fully saturated rings. The first kappa shape index (κ1) is 25.0. The van der Waals surface area contributed by atoms with Crippen molar-refractivity contribution in [1.82, 2.24) is 5.32 Å². The van der Waals surface area contributed by atoms with Crippen molar-refractivity contribution < 1.29 is 9.59 Å². The number of primary amides is 1. The van der Waals surface area contributed by atoms with Crippen LogP contribution in [0.1, 0.15) is 55.2 Å². The van der Waals surface area contributed by atoms with E-state index < -0.39 is 17.4 Å². The smallest absolute Gasteiger partial charge is 0.240 e. The van der Waals surface area contributed by atoms with Crippen molar-refractivity contribution >= 4 is 11.8 Å². The first-order valence-electron chi connectivity index (χ1n) is 12.0. The maximum Gasteiger partial charge on any atom is 0.240 e. The van der Waals surface area contributed by atoms with Crippen molar-refractivity contribution in [3.63, 3.8) is 0 Å². The van der Waals surface area contributed by atoms with E-state index in [1.54, 1.807) is 0 Å². The molecule has 0 saturated heterocycles. The van der Waals surface area contributed by atoms with Crippen LogP contribution >= 0.6 is 0 Å². The lowest BCUT2D eigenvalue weighted by atomic mass is 9.68. The highest BCUT2D eigenvalue weighted by Crippen LogP contribution is 2.39. The molecular formula is C30H34N2O2. The second-order valence-corrected chi connectivity index (χ2v) is 8.56. The first-order valence-corrected chi connectivity index (χ1v) is 12.0. The number of allylic oxidation sites excluding steroid dienone is 1. The number of hydrogen-bond acceptors (Lipinski definition) is 2. The van der Waals surface area contributed by atoms with Crippen molar-refractivity contribution in [2.45, 2.75) is 50.0 Å². The Hall–Kier alpha value is -3.66. The maximum absolute atomic E-state index is 14.2. The lowest BCUT2D eigenvalue weighted by Crippen LogP contribution is -2.53. The van der Waals surface area contributed by atoms with Crippen LogP contribution in [0.3, 0.4) is 0 Å². The van der Waals surface area contributed by atoms with E-state index in [0.717, 1.165) is 48.8 Å². The van der Waals surface area contributed by atoms with Gasteiger partial charge in [-0.15, -0.1) is 6.58 Å². The molecule has 3 rings (SSSR count). The Morgan fingerprint density at radius 3 is 1.62 bits per heavy atom. The van der Waals surface area contributed by atoms with Gasteiger partial charge in [0, 0.05) is 0 Å². The molecule has 0 aliphatic carbocycles. The van der Waals surface area contributed by atoms with E-state index in [1.165, 1.54) is 0 Å². The van der Waals surface area contributed by atoms with Gasteiger partial charge in [0.05, 0.1) is 0 Å². The zero-order valence-corrected chi connectivity index (χ0v) is 19.7. The highest BCUT2D eigenvalue weighted by Gasteiger charge is 2.44. The number of benzene rings is 3. The molecule has 1 atom stereocenters. The van der Waals surface area contributed by atoms with Gasteiger partial charge in [0.25, 0.3) is 0 Å². The average molecular weight is 455 g/mol. The Labute approximate surface area is 202 Å². The van der Waals surface area contributed by atoms with Gasteiger partial charge in [0.15, 0.2) is 0 Å². The molecule has 0 aromatic heterocycles. The molecule has 0 saturated carbocycles. The van der Waals surface area contributed by atoms with Crippen molar-refractivity contribution in [3.05, 3.63) is 120 Å². The Bertz CT molecular complexity index is 952. The van der Waals surface area contributed by atoms with Gasteiger partial charge >= 0.3 is 0 Å². The van der Waals surface area contributed by atoms with E-state index in [0.29, 0.717) is 6.42 Å². The normalized spacial score (nSPS) is 12.0. The third-order valence-electron chi connectivity index (χ3n) is 6.26. The Kier molecular flexibility index (Phi) is 9.21. The summed E-state index contributed by atoms with van der Waals surface area (Å²) in [5.41, 5.74) is 7.11. The van der Waals surface area contributed by atoms with Crippen LogP contribution in [0.5, 0.6) is 0 Å². The first-order chi connectivity index (χ1) is 16.6. The molecular weight excluding hydrogens is 420 g/mol. The van der Waals surface area contributed by atoms with Gasteiger partial charge < -0.3 is 11.1 Å². The molecule has 0 unspecified atom stereocenters. The number of hydrogen-bond donors (Lipinski definition) is 2. The summed E-state index contributed by atoms with van der Waals surface area (Å²) in [6.45, 7) is 3.75. The van der Waals surface area contributed by atoms with Crippen LogP contribution in [-0.2, 0) is 15.0 Å². The number of nitrogens with one attached hydrogen (secondary N) is 1. The van der Waals surface area contributed by atoms with Gasteiger partial charge in [-0.05, 0) is 36.0 Å². The Morgan fingerprint density at radius 1 is 0.765 bits per heavy atom. The minimum Gasteiger partial charge on any atom is -0.368 e. The second-order valence-electron chi connectivity index (χ2n) is 8.56. The quantitative estimate of drug-likeness (QED) is 0.203. The Balaban J connectivity index is 1.98. The SMILES string of the molecule is C=CCCCCCC[C@H](NC(=O)C(c1ccccc1)(c1ccccc1)c1ccccc1)C(N)=O. The average Bonchev–Trinajstić information content (AvgIpc) is 2.88. The third-order valence-corrected chi connectivity index (χ3v) is 6.26. The summed E-state index contributed by atoms with van der Waals surface area (Å²) in [5.74, 6) is -0.769. The van der Waals surface area contributed by atoms with E-state index in [9.17, 15) is 9.59 Å². The van der Waals surface area contributed by atoms with Crippen molar-refractivity contribution in [2.24, 2.45) is 5.73 Å². The zero-order valence-electron chi connectivity index (χ0n) is 19.7. The number of amides is 2. The topological polar surface area (TPSA) is 72.2 Å². The molecule has 3 N–H and O–H groups in total. The summed E-state index contributed by atoms with van der Waals surface area (Å²) in [6.07, 6.45) is 7.37. The fourth-order valence-electron chi connectivity index (χ4n) is 4.50. The van der Waals surface area contributed by atoms with E-state index in [-0.39, 0.29) is 5.91 Å². The largest absolute Gasteiger partial charge is 0.368 e. The van der Waals surface area contributed by atoms with E-state index in [4.69, 9.17) is 5.73 Å². The Morgan fingerprint density at radius 2 is 1.21 bits per heavy atom. The number of nitrogens with two attached hydrogens (primary N) is 1. The van der Waals surface area contributed by atoms with Crippen LogP contribution in [0.15, 0.2) is 104 Å². The van der Waals surface area contributed by atoms with Crippen LogP contribution in [-0.4, -0.2) is 17.9 Å². The summed E-state index contributed by atoms with van der Waals surface area (Å²) in [4.78, 5) is 26.6. The molecule has 0 spiro atoms. The van der Waals surface area contributed by atoms with Crippen LogP contribution in [0.4, 0.5) is 0 Å². The number of carbonyl (C=O) groups excluding carboxylic acids is 2. The van der Waals surface area contributed by atoms with Crippen LogP contribution < -0.4 is 11.1 Å². The molecule has 0 bridgehead atoms. The van der Waals surface area contributed by atoms with Crippen LogP contribution in [0.2, 0.25) is 0 Å². The van der Waals surface area contributed by atoms with Gasteiger partial charge in [-0.2, -0.15) is 0 Å². The molecule has 0 radical (unpaired) electrons. The molecule has 3 aromatic rings. The third kappa shape index (κ3) is 5.82. The standard InChI is InChI=1S/C30H34N2O2/c1-2-3-4-5-6-16-23-27(28(31)33)32-29(34)30(24-17-10-7-11-18-24,25-19-12-8-13-20-25)26-21-14-9-15-22-26/h2,7-15,17-22,27H,1,3-6,16,23H2,(H2,31,33)(H,32,34)/t27-/m0/s1. The highest BCUT2D eigenvalue weighted by molar-refractivity contribution is 5.98. The minimum absolute atomic E-state index is 0.258. The summed E-state index contributed by atoms with van der Waals surface area (Å²) in [5, 5.41) is 3.03. The molecule has 0 aliphatic heterocycles. The molecule has 176 valence electrons. The monoisotopic (exact) mass is 454 g/mol. The number of unbranched alkanes of at least 4 members (excludes halogenated alkanes) is 4. The molecule has 3 aromatic carbocycles. The summed E-state index contributed by atoms with van der Waals surface area (Å²) in [6, 6.07) is 28.4. The number of rotatable bonds is 13. The summed E-state index contributed by atoms with van der Waals surface area (Å²) < 4.78 is 0. The van der Waals surface area contributed by atoms with E-state index >= 15 is 0 Å². The molecule has 4 nitrogen and oxygen atoms in total. The van der Waals surface area contributed by atoms with Gasteiger partial charge in [0.1, 0.15) is 11.5 Å². The van der Waals surface area contributed by atoms with E-state index in [2.05, 4.69) is 11.9 Å². The zero-order chi connectivity index (χ0) is 24.2. The van der Waals surface area contributed by atoms with Crippen LogP contribution in [0, 0.1) is 0 Å². The summed E-state index contributed by atoms with van der Waals surface area (Å²) in [7, 11) is 0. The lowest BCUT2D eigenvalue weighted by Gasteiger charge is -2.35. The highest BCUT2D eigenvalue weighted by atomic mass is 16.2. The van der Waals surface area contributed by atoms with Gasteiger partial charge in [-0.1, -0.05) is 116 Å². The maximum atomic E-state index is 14.2. The van der Waals surface area contributed by atoms with Gasteiger partial charge in [0.2, 0.25) is 11.8 Å². The van der Waals surface area contributed by atoms with Gasteiger partial charge in [-0.25, -0.2) is 0 Å². The fraction of sp³-hybridized carbons (Fsp3) is 0.267. The summed E-state index contributed by atoms with van der Waals surface area (Å²) >= 11 is 0. The van der Waals surface area contributed by atoms with Crippen LogP contribution in [0.25, 0.3) is 0 Å². The van der Waals surface area contributed by atoms with Crippen molar-refractivity contribution in [3.8, 4) is 0 Å². The molecule has 2 amide bonds. The lowest BCUT2D eigenvalue weighted by molar-refractivity contribution is -0.129. The minimum atomic E-state index is -1.12. The predicted octanol–water partition coefficient (Wildman–Crippen LogP) is 5.52. The molecule has 4 heteroatoms. The molecule has 0 heterocycles. The fourth-order valence-corrected chi connectivity index (χ4v) is 4.50. The number of carbonyl (C=O) groups is 2.